The zero-order valence-electron chi connectivity index (χ0n) is 23.6. The third kappa shape index (κ3) is 14.0. The summed E-state index contributed by atoms with van der Waals surface area (Å²) >= 11 is 0. The second kappa shape index (κ2) is 20.1. The largest absolute Gasteiger partial charge is 0.476 e. The number of aromatic nitrogens is 4. The van der Waals surface area contributed by atoms with Crippen LogP contribution in [0.4, 0.5) is 0 Å². The van der Waals surface area contributed by atoms with E-state index in [0.29, 0.717) is 18.1 Å². The maximum atomic E-state index is 11.6. The number of unbranched alkanes of at least 4 members (excludes halogenated alkanes) is 15. The van der Waals surface area contributed by atoms with Crippen LogP contribution in [0.3, 0.4) is 0 Å². The summed E-state index contributed by atoms with van der Waals surface area (Å²) in [6.07, 6.45) is 23.9. The summed E-state index contributed by atoms with van der Waals surface area (Å²) in [5, 5.41) is 13.6. The number of hydrogen-bond acceptors (Lipinski definition) is 6. The van der Waals surface area contributed by atoms with Gasteiger partial charge in [-0.3, -0.25) is 4.98 Å². The lowest BCUT2D eigenvalue weighted by Gasteiger charge is -2.12. The zero-order valence-corrected chi connectivity index (χ0v) is 23.6. The Kier molecular flexibility index (Phi) is 17.0. The second-order valence-electron chi connectivity index (χ2n) is 10.6. The quantitative estimate of drug-likeness (QED) is 0.146. The van der Waals surface area contributed by atoms with E-state index in [1.165, 1.54) is 89.9 Å². The molecule has 3 N–H and O–H groups in total. The first-order valence-corrected chi connectivity index (χ1v) is 15.0. The van der Waals surface area contributed by atoms with Gasteiger partial charge in [-0.05, 0) is 25.8 Å². The van der Waals surface area contributed by atoms with Gasteiger partial charge in [0.15, 0.2) is 5.65 Å². The number of aromatic amines is 1. The molecule has 0 saturated heterocycles. The Morgan fingerprint density at radius 1 is 0.919 bits per heavy atom. The molecule has 0 bridgehead atoms. The Hall–Kier alpha value is -1.93. The molecule has 2 rings (SSSR count). The van der Waals surface area contributed by atoms with Gasteiger partial charge in [0, 0.05) is 13.6 Å². The lowest BCUT2D eigenvalue weighted by atomic mass is 10.1. The van der Waals surface area contributed by atoms with Crippen molar-refractivity contribution in [2.75, 3.05) is 19.7 Å². The summed E-state index contributed by atoms with van der Waals surface area (Å²) in [6.45, 7) is 4.58. The molecule has 37 heavy (non-hydrogen) atoms. The van der Waals surface area contributed by atoms with E-state index >= 15 is 0 Å². The predicted octanol–water partition coefficient (Wildman–Crippen LogP) is 6.03. The van der Waals surface area contributed by atoms with Crippen LogP contribution in [0.15, 0.2) is 11.1 Å². The number of aliphatic hydroxyl groups is 1. The van der Waals surface area contributed by atoms with Crippen molar-refractivity contribution in [2.45, 2.75) is 129 Å². The molecule has 2 heterocycles. The van der Waals surface area contributed by atoms with Gasteiger partial charge in [-0.1, -0.05) is 103 Å². The molecule has 0 aliphatic heterocycles. The fourth-order valence-electron chi connectivity index (χ4n) is 4.79. The number of nitrogens with zero attached hydrogens (tertiary/aromatic N) is 3. The van der Waals surface area contributed by atoms with Crippen LogP contribution in [0.2, 0.25) is 0 Å². The molecular weight excluding hydrogens is 466 g/mol. The van der Waals surface area contributed by atoms with Crippen LogP contribution in [-0.2, 0) is 7.05 Å². The molecule has 212 valence electrons. The lowest BCUT2D eigenvalue weighted by molar-refractivity contribution is 0.158. The van der Waals surface area contributed by atoms with Crippen molar-refractivity contribution in [3.05, 3.63) is 16.8 Å². The maximum absolute atomic E-state index is 11.6. The molecular formula is C29H53N5O3. The van der Waals surface area contributed by atoms with E-state index in [0.717, 1.165) is 44.3 Å². The number of aliphatic hydroxyl groups excluding tert-OH is 1. The Morgan fingerprint density at radius 3 is 2.19 bits per heavy atom. The highest BCUT2D eigenvalue weighted by Crippen LogP contribution is 2.18. The summed E-state index contributed by atoms with van der Waals surface area (Å²) in [5.41, 5.74) is 0.791. The minimum Gasteiger partial charge on any atom is -0.476 e. The van der Waals surface area contributed by atoms with Crippen molar-refractivity contribution in [3.63, 3.8) is 0 Å². The van der Waals surface area contributed by atoms with E-state index < -0.39 is 5.69 Å². The van der Waals surface area contributed by atoms with E-state index in [-0.39, 0.29) is 6.10 Å². The Balaban J connectivity index is 1.33. The van der Waals surface area contributed by atoms with Crippen LogP contribution < -0.4 is 15.7 Å². The molecule has 0 spiro atoms. The molecule has 1 unspecified atom stereocenters. The number of H-pyrrole nitrogens is 1. The average Bonchev–Trinajstić information content (AvgIpc) is 3.25. The van der Waals surface area contributed by atoms with Crippen molar-refractivity contribution in [1.82, 2.24) is 24.8 Å². The van der Waals surface area contributed by atoms with Gasteiger partial charge >= 0.3 is 5.69 Å². The number of nitrogens with one attached hydrogen (secondary N) is 2. The van der Waals surface area contributed by atoms with Gasteiger partial charge in [-0.2, -0.15) is 4.98 Å². The molecule has 0 aromatic carbocycles. The van der Waals surface area contributed by atoms with Gasteiger partial charge < -0.3 is 19.7 Å². The third-order valence-corrected chi connectivity index (χ3v) is 7.08. The number of fused-ring (bicyclic) bond motifs is 1. The number of aryl methyl sites for hydroxylation is 1. The van der Waals surface area contributed by atoms with E-state index in [1.807, 2.05) is 7.05 Å². The first-order chi connectivity index (χ1) is 18.1. The fourth-order valence-corrected chi connectivity index (χ4v) is 4.79. The molecule has 0 radical (unpaired) electrons. The highest BCUT2D eigenvalue weighted by Gasteiger charge is 2.11. The summed E-state index contributed by atoms with van der Waals surface area (Å²) in [4.78, 5) is 22.4. The average molecular weight is 520 g/mol. The molecule has 0 fully saturated rings. The van der Waals surface area contributed by atoms with Crippen LogP contribution in [0.5, 0.6) is 5.88 Å². The fraction of sp³-hybridized carbons (Fsp3) is 0.828. The first kappa shape index (κ1) is 31.3. The van der Waals surface area contributed by atoms with Gasteiger partial charge in [0.25, 0.3) is 0 Å². The van der Waals surface area contributed by atoms with Crippen LogP contribution >= 0.6 is 0 Å². The number of imidazole rings is 1. The van der Waals surface area contributed by atoms with Gasteiger partial charge in [-0.25, -0.2) is 9.78 Å². The second-order valence-corrected chi connectivity index (χ2v) is 10.6. The SMILES string of the molecule is CCCCCCCCCCCCNCC(O)CCCCCCCCCOc1nc(=O)[nH]c2ncn(C)c12. The molecule has 0 amide bonds. The van der Waals surface area contributed by atoms with Gasteiger partial charge in [0.1, 0.15) is 5.52 Å². The maximum Gasteiger partial charge on any atom is 0.349 e. The Labute approximate surface area is 224 Å². The molecule has 2 aromatic rings. The van der Waals surface area contributed by atoms with Crippen LogP contribution in [0, 0.1) is 0 Å². The lowest BCUT2D eigenvalue weighted by Crippen LogP contribution is -2.27. The summed E-state index contributed by atoms with van der Waals surface area (Å²) in [6, 6.07) is 0. The number of rotatable bonds is 24. The molecule has 8 nitrogen and oxygen atoms in total. The van der Waals surface area contributed by atoms with E-state index in [1.54, 1.807) is 10.9 Å². The molecule has 0 aliphatic rings. The molecule has 0 aliphatic carbocycles. The molecule has 1 atom stereocenters. The first-order valence-electron chi connectivity index (χ1n) is 15.0. The summed E-state index contributed by atoms with van der Waals surface area (Å²) < 4.78 is 7.57. The highest BCUT2D eigenvalue weighted by molar-refractivity contribution is 5.75. The van der Waals surface area contributed by atoms with Crippen molar-refractivity contribution in [3.8, 4) is 5.88 Å². The summed E-state index contributed by atoms with van der Waals surface area (Å²) in [7, 11) is 1.86. The standard InChI is InChI=1S/C29H53N5O3/c1-3-4-5-6-7-8-9-12-15-18-21-30-23-25(35)20-17-14-11-10-13-16-19-22-37-28-26-27(31-24-34(26)2)32-29(36)33-28/h24-25,30,35H,3-23H2,1-2H3,(H,32,33,36). The van der Waals surface area contributed by atoms with E-state index in [2.05, 4.69) is 27.2 Å². The number of ether oxygens (including phenoxy) is 1. The van der Waals surface area contributed by atoms with Crippen LogP contribution in [0.25, 0.3) is 11.2 Å². The topological polar surface area (TPSA) is 105 Å². The predicted molar refractivity (Wildman–Crippen MR) is 152 cm³/mol. The van der Waals surface area contributed by atoms with Crippen molar-refractivity contribution in [2.24, 2.45) is 7.05 Å². The van der Waals surface area contributed by atoms with Crippen LogP contribution in [0.1, 0.15) is 122 Å². The summed E-state index contributed by atoms with van der Waals surface area (Å²) in [5.74, 6) is 0.357. The molecule has 2 aromatic heterocycles. The van der Waals surface area contributed by atoms with Crippen molar-refractivity contribution in [1.29, 1.82) is 0 Å². The molecule has 0 saturated carbocycles. The number of hydrogen-bond donors (Lipinski definition) is 3. The van der Waals surface area contributed by atoms with Crippen molar-refractivity contribution >= 4 is 11.2 Å². The van der Waals surface area contributed by atoms with Crippen LogP contribution in [-0.4, -0.2) is 50.4 Å². The van der Waals surface area contributed by atoms with Crippen molar-refractivity contribution < 1.29 is 9.84 Å². The monoisotopic (exact) mass is 519 g/mol. The van der Waals surface area contributed by atoms with E-state index in [4.69, 9.17) is 4.74 Å². The minimum absolute atomic E-state index is 0.218. The van der Waals surface area contributed by atoms with Gasteiger partial charge in [0.05, 0.1) is 19.0 Å². The minimum atomic E-state index is -0.434. The Bertz CT molecular complexity index is 882. The van der Waals surface area contributed by atoms with Gasteiger partial charge in [0.2, 0.25) is 5.88 Å². The van der Waals surface area contributed by atoms with Gasteiger partial charge in [-0.15, -0.1) is 0 Å². The highest BCUT2D eigenvalue weighted by atomic mass is 16.5. The van der Waals surface area contributed by atoms with E-state index in [9.17, 15) is 9.90 Å². The zero-order chi connectivity index (χ0) is 26.6. The molecule has 8 heteroatoms. The Morgan fingerprint density at radius 2 is 1.51 bits per heavy atom. The smallest absolute Gasteiger partial charge is 0.349 e. The normalized spacial score (nSPS) is 12.4. The third-order valence-electron chi connectivity index (χ3n) is 7.08.